The van der Waals surface area contributed by atoms with Crippen LogP contribution in [0.2, 0.25) is 10.0 Å². The van der Waals surface area contributed by atoms with Gasteiger partial charge in [-0.3, -0.25) is 0 Å². The minimum absolute atomic E-state index is 0.0950. The van der Waals surface area contributed by atoms with E-state index in [1.165, 1.54) is 0 Å². The molecule has 164 valence electrons. The zero-order chi connectivity index (χ0) is 22.5. The molecule has 1 saturated heterocycles. The Kier molecular flexibility index (Phi) is 5.42. The third-order valence-corrected chi connectivity index (χ3v) is 6.84. The minimum atomic E-state index is -0.531. The molecule has 1 aliphatic carbocycles. The van der Waals surface area contributed by atoms with Crippen LogP contribution < -0.4 is 0 Å². The number of rotatable bonds is 3. The lowest BCUT2D eigenvalue weighted by molar-refractivity contribution is -0.186. The fourth-order valence-electron chi connectivity index (χ4n) is 4.52. The van der Waals surface area contributed by atoms with Crippen molar-refractivity contribution in [2.45, 2.75) is 38.5 Å². The highest BCUT2D eigenvalue weighted by molar-refractivity contribution is 6.35. The highest BCUT2D eigenvalue weighted by Crippen LogP contribution is 2.41. The zero-order valence-corrected chi connectivity index (χ0v) is 19.2. The van der Waals surface area contributed by atoms with Crippen molar-refractivity contribution >= 4 is 39.9 Å². The van der Waals surface area contributed by atoms with E-state index in [9.17, 15) is 5.26 Å². The molecule has 0 amide bonds. The number of allylic oxidation sites excluding steroid dienone is 1. The summed E-state index contributed by atoms with van der Waals surface area (Å²) in [6.07, 6.45) is 5.39. The summed E-state index contributed by atoms with van der Waals surface area (Å²) in [4.78, 5) is 9.43. The van der Waals surface area contributed by atoms with E-state index in [1.807, 2.05) is 13.0 Å². The lowest BCUT2D eigenvalue weighted by Crippen LogP contribution is -2.39. The molecule has 0 saturated carbocycles. The highest BCUT2D eigenvalue weighted by atomic mass is 35.5. The van der Waals surface area contributed by atoms with Crippen LogP contribution in [-0.4, -0.2) is 38.7 Å². The van der Waals surface area contributed by atoms with Gasteiger partial charge in [0.15, 0.2) is 17.1 Å². The molecule has 2 aromatic heterocycles. The number of aromatic nitrogens is 4. The van der Waals surface area contributed by atoms with Gasteiger partial charge in [0.1, 0.15) is 11.6 Å². The summed E-state index contributed by atoms with van der Waals surface area (Å²) < 4.78 is 13.5. The van der Waals surface area contributed by atoms with Crippen LogP contribution >= 0.6 is 23.2 Å². The number of nitrogens with zero attached hydrogens (tertiary/aromatic N) is 5. The summed E-state index contributed by atoms with van der Waals surface area (Å²) in [6.45, 7) is 5.30. The average Bonchev–Trinajstić information content (AvgIpc) is 3.40. The lowest BCUT2D eigenvalue weighted by atomic mass is 9.85. The first kappa shape index (κ1) is 21.4. The van der Waals surface area contributed by atoms with Crippen LogP contribution in [0.3, 0.4) is 0 Å². The van der Waals surface area contributed by atoms with Gasteiger partial charge in [0.25, 0.3) is 0 Å². The summed E-state index contributed by atoms with van der Waals surface area (Å²) in [5, 5.41) is 15.2. The first-order valence-electron chi connectivity index (χ1n) is 10.5. The number of benzene rings is 1. The minimum Gasteiger partial charge on any atom is -0.347 e. The molecule has 2 aliphatic rings. The molecule has 5 rings (SSSR count). The van der Waals surface area contributed by atoms with Gasteiger partial charge in [-0.2, -0.15) is 10.4 Å². The molecular weight excluding hydrogens is 449 g/mol. The van der Waals surface area contributed by atoms with E-state index >= 15 is 0 Å². The van der Waals surface area contributed by atoms with Crippen molar-refractivity contribution in [1.29, 1.82) is 5.26 Å². The SMILES string of the molecule is CC1C=C(c2cnc3c(C#N)nn([C@H](C)c4ccc(Cl)cc4Cl)c3n2)CCC12OCCO2. The van der Waals surface area contributed by atoms with E-state index in [-0.39, 0.29) is 17.7 Å². The Morgan fingerprint density at radius 3 is 2.75 bits per heavy atom. The molecular formula is C23H21Cl2N5O2. The maximum absolute atomic E-state index is 9.59. The smallest absolute Gasteiger partial charge is 0.190 e. The second-order valence-electron chi connectivity index (χ2n) is 8.16. The maximum atomic E-state index is 9.59. The van der Waals surface area contributed by atoms with E-state index in [4.69, 9.17) is 37.7 Å². The Bertz CT molecular complexity index is 1270. The largest absolute Gasteiger partial charge is 0.347 e. The van der Waals surface area contributed by atoms with Gasteiger partial charge in [0, 0.05) is 22.4 Å². The normalized spacial score (nSPS) is 21.0. The van der Waals surface area contributed by atoms with Crippen LogP contribution in [0.25, 0.3) is 16.7 Å². The van der Waals surface area contributed by atoms with Gasteiger partial charge in [-0.15, -0.1) is 0 Å². The average molecular weight is 470 g/mol. The molecule has 9 heteroatoms. The van der Waals surface area contributed by atoms with Crippen molar-refractivity contribution in [3.05, 3.63) is 57.5 Å². The second kappa shape index (κ2) is 8.13. The maximum Gasteiger partial charge on any atom is 0.190 e. The number of fused-ring (bicyclic) bond motifs is 1. The van der Waals surface area contributed by atoms with Gasteiger partial charge in [-0.1, -0.05) is 42.3 Å². The van der Waals surface area contributed by atoms with Gasteiger partial charge in [-0.05, 0) is 36.6 Å². The van der Waals surface area contributed by atoms with E-state index in [2.05, 4.69) is 29.2 Å². The summed E-state index contributed by atoms with van der Waals surface area (Å²) in [6, 6.07) is 7.19. The molecule has 2 atom stereocenters. The monoisotopic (exact) mass is 469 g/mol. The summed E-state index contributed by atoms with van der Waals surface area (Å²) in [5.74, 6) is -0.436. The van der Waals surface area contributed by atoms with Gasteiger partial charge < -0.3 is 9.47 Å². The Labute approximate surface area is 195 Å². The number of ether oxygens (including phenoxy) is 2. The van der Waals surface area contributed by atoms with Crippen molar-refractivity contribution in [3.8, 4) is 6.07 Å². The standard InChI is InChI=1S/C23H21Cl2N5O2/c1-13-9-15(5-6-23(13)31-7-8-32-23)20-12-27-21-19(11-26)29-30(22(21)28-20)14(2)17-4-3-16(24)10-18(17)25/h3-4,9-10,12-14H,5-8H2,1-2H3/t13?,14-/m1/s1. The van der Waals surface area contributed by atoms with Crippen molar-refractivity contribution < 1.29 is 9.47 Å². The van der Waals surface area contributed by atoms with Crippen molar-refractivity contribution in [3.63, 3.8) is 0 Å². The van der Waals surface area contributed by atoms with Gasteiger partial charge >= 0.3 is 0 Å². The number of hydrogen-bond donors (Lipinski definition) is 0. The number of hydrogen-bond acceptors (Lipinski definition) is 6. The molecule has 32 heavy (non-hydrogen) atoms. The molecule has 1 fully saturated rings. The van der Waals surface area contributed by atoms with Gasteiger partial charge in [-0.25, -0.2) is 14.6 Å². The number of nitriles is 1. The predicted molar refractivity (Wildman–Crippen MR) is 121 cm³/mol. The van der Waals surface area contributed by atoms with Crippen LogP contribution in [0, 0.1) is 17.2 Å². The van der Waals surface area contributed by atoms with Gasteiger partial charge in [0.2, 0.25) is 0 Å². The Morgan fingerprint density at radius 1 is 1.28 bits per heavy atom. The zero-order valence-electron chi connectivity index (χ0n) is 17.7. The first-order valence-corrected chi connectivity index (χ1v) is 11.3. The molecule has 1 unspecified atom stereocenters. The fourth-order valence-corrected chi connectivity index (χ4v) is 5.09. The van der Waals surface area contributed by atoms with E-state index in [0.717, 1.165) is 29.7 Å². The molecule has 0 bridgehead atoms. The van der Waals surface area contributed by atoms with Crippen LogP contribution in [0.4, 0.5) is 0 Å². The number of halogens is 2. The molecule has 1 spiro atoms. The van der Waals surface area contributed by atoms with Crippen LogP contribution in [0.15, 0.2) is 30.5 Å². The van der Waals surface area contributed by atoms with E-state index < -0.39 is 5.79 Å². The van der Waals surface area contributed by atoms with E-state index in [1.54, 1.807) is 23.0 Å². The quantitative estimate of drug-likeness (QED) is 0.525. The van der Waals surface area contributed by atoms with E-state index in [0.29, 0.717) is 34.4 Å². The van der Waals surface area contributed by atoms with Crippen molar-refractivity contribution in [1.82, 2.24) is 19.7 Å². The molecule has 1 aromatic carbocycles. The Morgan fingerprint density at radius 2 is 2.06 bits per heavy atom. The summed E-state index contributed by atoms with van der Waals surface area (Å²) in [5.41, 5.74) is 3.92. The Balaban J connectivity index is 1.57. The molecule has 3 heterocycles. The van der Waals surface area contributed by atoms with Crippen LogP contribution in [0.5, 0.6) is 0 Å². The third kappa shape index (κ3) is 3.48. The van der Waals surface area contributed by atoms with Crippen LogP contribution in [0.1, 0.15) is 49.7 Å². The van der Waals surface area contributed by atoms with Crippen molar-refractivity contribution in [2.24, 2.45) is 5.92 Å². The highest BCUT2D eigenvalue weighted by Gasteiger charge is 2.43. The molecule has 0 radical (unpaired) electrons. The first-order chi connectivity index (χ1) is 15.4. The third-order valence-electron chi connectivity index (χ3n) is 6.28. The summed E-state index contributed by atoms with van der Waals surface area (Å²) in [7, 11) is 0. The topological polar surface area (TPSA) is 85.9 Å². The molecule has 3 aromatic rings. The lowest BCUT2D eigenvalue weighted by Gasteiger charge is -2.36. The van der Waals surface area contributed by atoms with Gasteiger partial charge in [0.05, 0.1) is 31.1 Å². The Hall–Kier alpha value is -2.50. The predicted octanol–water partition coefficient (Wildman–Crippen LogP) is 5.17. The second-order valence-corrected chi connectivity index (χ2v) is 9.01. The van der Waals surface area contributed by atoms with Crippen LogP contribution in [-0.2, 0) is 9.47 Å². The summed E-state index contributed by atoms with van der Waals surface area (Å²) >= 11 is 12.5. The molecule has 0 N–H and O–H groups in total. The molecule has 1 aliphatic heterocycles. The molecule has 7 nitrogen and oxygen atoms in total. The van der Waals surface area contributed by atoms with Crippen molar-refractivity contribution in [2.75, 3.05) is 13.2 Å². The fraction of sp³-hybridized carbons (Fsp3) is 0.391.